The largest absolute Gasteiger partial charge is 0.394 e. The van der Waals surface area contributed by atoms with E-state index in [9.17, 15) is 0 Å². The monoisotopic (exact) mass is 221 g/mol. The Balaban J connectivity index is 3.00. The van der Waals surface area contributed by atoms with Crippen LogP contribution in [-0.4, -0.2) is 23.4 Å². The Morgan fingerprint density at radius 2 is 2.19 bits per heavy atom. The van der Waals surface area contributed by atoms with E-state index in [2.05, 4.69) is 25.0 Å². The lowest BCUT2D eigenvalue weighted by Gasteiger charge is -2.18. The molecule has 1 aromatic rings. The van der Waals surface area contributed by atoms with Crippen molar-refractivity contribution in [1.82, 2.24) is 9.78 Å². The molecule has 0 saturated heterocycles. The highest BCUT2D eigenvalue weighted by Crippen LogP contribution is 2.29. The van der Waals surface area contributed by atoms with Gasteiger partial charge in [-0.1, -0.05) is 13.8 Å². The Labute approximate surface area is 96.5 Å². The number of aromatic nitrogens is 2. The quantitative estimate of drug-likeness (QED) is 0.836. The van der Waals surface area contributed by atoms with Crippen LogP contribution in [0.2, 0.25) is 0 Å². The fourth-order valence-corrected chi connectivity index (χ4v) is 1.75. The van der Waals surface area contributed by atoms with Gasteiger partial charge >= 0.3 is 0 Å². The number of anilines is 2. The maximum Gasteiger partial charge on any atom is 0.150 e. The summed E-state index contributed by atoms with van der Waals surface area (Å²) in [6.45, 7) is 4.80. The van der Waals surface area contributed by atoms with Gasteiger partial charge in [0.1, 0.15) is 5.82 Å². The average molecular weight is 221 g/mol. The molecule has 5 nitrogen and oxygen atoms in total. The van der Waals surface area contributed by atoms with E-state index in [1.54, 1.807) is 4.68 Å². The number of hydrogen-bond donors (Lipinski definition) is 1. The molecular weight excluding hydrogens is 202 g/mol. The molecule has 1 aromatic heterocycles. The summed E-state index contributed by atoms with van der Waals surface area (Å²) in [7, 11) is 3.80. The molecule has 16 heavy (non-hydrogen) atoms. The highest BCUT2D eigenvalue weighted by Gasteiger charge is 2.18. The van der Waals surface area contributed by atoms with Crippen LogP contribution in [0.15, 0.2) is 0 Å². The van der Waals surface area contributed by atoms with Gasteiger partial charge in [0.2, 0.25) is 0 Å². The van der Waals surface area contributed by atoms with Crippen molar-refractivity contribution in [3.8, 4) is 6.07 Å². The molecule has 0 amide bonds. The fourth-order valence-electron chi connectivity index (χ4n) is 1.75. The van der Waals surface area contributed by atoms with Crippen LogP contribution in [0.5, 0.6) is 0 Å². The van der Waals surface area contributed by atoms with Crippen LogP contribution in [0.4, 0.5) is 11.5 Å². The number of hydrogen-bond acceptors (Lipinski definition) is 4. The SMILES string of the molecule is CC(C)c1nn(C)c(N(C)CCC#N)c1N. The molecule has 0 spiro atoms. The van der Waals surface area contributed by atoms with Gasteiger partial charge in [0.05, 0.1) is 23.9 Å². The van der Waals surface area contributed by atoms with Crippen LogP contribution in [0, 0.1) is 11.3 Å². The number of nitrogens with zero attached hydrogens (tertiary/aromatic N) is 4. The fraction of sp³-hybridized carbons (Fsp3) is 0.636. The lowest BCUT2D eigenvalue weighted by Crippen LogP contribution is -2.21. The summed E-state index contributed by atoms with van der Waals surface area (Å²) in [5.74, 6) is 1.20. The van der Waals surface area contributed by atoms with Gasteiger partial charge < -0.3 is 10.6 Å². The molecule has 0 atom stereocenters. The number of nitrogen functional groups attached to an aromatic ring is 1. The van der Waals surface area contributed by atoms with E-state index < -0.39 is 0 Å². The molecule has 0 fully saturated rings. The smallest absolute Gasteiger partial charge is 0.150 e. The van der Waals surface area contributed by atoms with Crippen LogP contribution in [0.25, 0.3) is 0 Å². The third-order valence-electron chi connectivity index (χ3n) is 2.55. The third kappa shape index (κ3) is 2.27. The predicted molar refractivity (Wildman–Crippen MR) is 65.2 cm³/mol. The van der Waals surface area contributed by atoms with Gasteiger partial charge in [-0.05, 0) is 5.92 Å². The normalized spacial score (nSPS) is 10.5. The topological polar surface area (TPSA) is 70.9 Å². The first-order valence-corrected chi connectivity index (χ1v) is 5.39. The molecule has 5 heteroatoms. The van der Waals surface area contributed by atoms with E-state index in [4.69, 9.17) is 11.0 Å². The van der Waals surface area contributed by atoms with Crippen molar-refractivity contribution in [2.75, 3.05) is 24.2 Å². The molecule has 0 aliphatic carbocycles. The second-order valence-corrected chi connectivity index (χ2v) is 4.23. The molecule has 0 aliphatic heterocycles. The summed E-state index contributed by atoms with van der Waals surface area (Å²) < 4.78 is 1.78. The lowest BCUT2D eigenvalue weighted by atomic mass is 10.1. The van der Waals surface area contributed by atoms with Crippen LogP contribution in [0.3, 0.4) is 0 Å². The van der Waals surface area contributed by atoms with Gasteiger partial charge in [-0.2, -0.15) is 10.4 Å². The second kappa shape index (κ2) is 4.88. The Bertz CT molecular complexity index is 399. The summed E-state index contributed by atoms with van der Waals surface area (Å²) in [5, 5.41) is 13.0. The van der Waals surface area contributed by atoms with Gasteiger partial charge in [-0.3, -0.25) is 4.68 Å². The molecule has 0 aliphatic rings. The van der Waals surface area contributed by atoms with Crippen molar-refractivity contribution in [3.63, 3.8) is 0 Å². The highest BCUT2D eigenvalue weighted by molar-refractivity contribution is 5.66. The first kappa shape index (κ1) is 12.4. The zero-order chi connectivity index (χ0) is 12.3. The van der Waals surface area contributed by atoms with E-state index in [1.807, 2.05) is 19.0 Å². The summed E-state index contributed by atoms with van der Waals surface area (Å²) in [4.78, 5) is 1.97. The van der Waals surface area contributed by atoms with Crippen molar-refractivity contribution in [2.24, 2.45) is 7.05 Å². The molecule has 0 saturated carbocycles. The maximum absolute atomic E-state index is 8.56. The molecule has 2 N–H and O–H groups in total. The molecule has 0 aromatic carbocycles. The zero-order valence-corrected chi connectivity index (χ0v) is 10.4. The molecule has 0 bridgehead atoms. The van der Waals surface area contributed by atoms with Gasteiger partial charge in [-0.15, -0.1) is 0 Å². The Hall–Kier alpha value is -1.70. The molecule has 0 radical (unpaired) electrons. The van der Waals surface area contributed by atoms with Crippen LogP contribution < -0.4 is 10.6 Å². The molecule has 1 rings (SSSR count). The number of nitriles is 1. The van der Waals surface area contributed by atoms with E-state index in [0.29, 0.717) is 18.9 Å². The van der Waals surface area contributed by atoms with Gasteiger partial charge in [-0.25, -0.2) is 0 Å². The second-order valence-electron chi connectivity index (χ2n) is 4.23. The van der Waals surface area contributed by atoms with Crippen LogP contribution >= 0.6 is 0 Å². The predicted octanol–water partition coefficient (Wildman–Crippen LogP) is 1.48. The molecule has 88 valence electrons. The van der Waals surface area contributed by atoms with Crippen molar-refractivity contribution < 1.29 is 0 Å². The van der Waals surface area contributed by atoms with Crippen molar-refractivity contribution in [1.29, 1.82) is 5.26 Å². The van der Waals surface area contributed by atoms with Gasteiger partial charge in [0.15, 0.2) is 0 Å². The lowest BCUT2D eigenvalue weighted by molar-refractivity contribution is 0.699. The van der Waals surface area contributed by atoms with Crippen molar-refractivity contribution in [2.45, 2.75) is 26.2 Å². The van der Waals surface area contributed by atoms with Gasteiger partial charge in [0, 0.05) is 20.6 Å². The first-order chi connectivity index (χ1) is 7.49. The summed E-state index contributed by atoms with van der Waals surface area (Å²) in [6, 6.07) is 2.12. The maximum atomic E-state index is 8.56. The van der Waals surface area contributed by atoms with Crippen molar-refractivity contribution in [3.05, 3.63) is 5.69 Å². The van der Waals surface area contributed by atoms with E-state index >= 15 is 0 Å². The van der Waals surface area contributed by atoms with Crippen LogP contribution in [-0.2, 0) is 7.05 Å². The summed E-state index contributed by atoms with van der Waals surface area (Å²) >= 11 is 0. The highest BCUT2D eigenvalue weighted by atomic mass is 15.4. The van der Waals surface area contributed by atoms with Crippen LogP contribution in [0.1, 0.15) is 31.9 Å². The number of rotatable bonds is 4. The molecule has 0 unspecified atom stereocenters. The standard InChI is InChI=1S/C11H19N5/c1-8(2)10-9(13)11(16(4)14-10)15(3)7-5-6-12/h8H,5,7,13H2,1-4H3. The minimum Gasteiger partial charge on any atom is -0.394 e. The van der Waals surface area contributed by atoms with E-state index in [-0.39, 0.29) is 0 Å². The number of nitrogens with two attached hydrogens (primary N) is 1. The van der Waals surface area contributed by atoms with Crippen molar-refractivity contribution >= 4 is 11.5 Å². The number of aryl methyl sites for hydroxylation is 1. The Morgan fingerprint density at radius 1 is 1.56 bits per heavy atom. The molecule has 1 heterocycles. The average Bonchev–Trinajstić information content (AvgIpc) is 2.51. The van der Waals surface area contributed by atoms with E-state index in [0.717, 1.165) is 17.2 Å². The summed E-state index contributed by atoms with van der Waals surface area (Å²) in [6.07, 6.45) is 0.484. The summed E-state index contributed by atoms with van der Waals surface area (Å²) in [5.41, 5.74) is 7.71. The minimum atomic E-state index is 0.310. The first-order valence-electron chi connectivity index (χ1n) is 5.39. The third-order valence-corrected chi connectivity index (χ3v) is 2.55. The van der Waals surface area contributed by atoms with E-state index in [1.165, 1.54) is 0 Å². The molecular formula is C11H19N5. The Kier molecular flexibility index (Phi) is 3.78. The Morgan fingerprint density at radius 3 is 2.62 bits per heavy atom. The minimum absolute atomic E-state index is 0.310. The van der Waals surface area contributed by atoms with Gasteiger partial charge in [0.25, 0.3) is 0 Å². The zero-order valence-electron chi connectivity index (χ0n) is 10.4.